The van der Waals surface area contributed by atoms with Crippen molar-refractivity contribution in [2.75, 3.05) is 39.4 Å². The minimum Gasteiger partial charge on any atom is -0.379 e. The first-order valence-electron chi connectivity index (χ1n) is 7.96. The van der Waals surface area contributed by atoms with E-state index in [-0.39, 0.29) is 5.91 Å². The van der Waals surface area contributed by atoms with Gasteiger partial charge in [0.25, 0.3) is 0 Å². The Labute approximate surface area is 156 Å². The number of thiocarbonyl (C=S) groups is 1. The maximum Gasteiger partial charge on any atom is 0.250 e. The van der Waals surface area contributed by atoms with Crippen LogP contribution in [0.25, 0.3) is 6.08 Å². The maximum atomic E-state index is 11.8. The molecule has 0 aliphatic carbocycles. The summed E-state index contributed by atoms with van der Waals surface area (Å²) in [6.45, 7) is 5.35. The van der Waals surface area contributed by atoms with Crippen LogP contribution in [0.4, 0.5) is 0 Å². The summed E-state index contributed by atoms with van der Waals surface area (Å²) in [7, 11) is 0. The van der Waals surface area contributed by atoms with Gasteiger partial charge in [-0.25, -0.2) is 0 Å². The maximum absolute atomic E-state index is 11.8. The van der Waals surface area contributed by atoms with E-state index in [1.165, 1.54) is 6.08 Å². The number of carbonyl (C=O) groups is 1. The molecule has 0 aromatic heterocycles. The number of nitrogens with one attached hydrogen (secondary N) is 2. The number of rotatable bonds is 6. The van der Waals surface area contributed by atoms with Crippen molar-refractivity contribution < 1.29 is 9.53 Å². The summed E-state index contributed by atoms with van der Waals surface area (Å²) in [4.78, 5) is 14.2. The first kappa shape index (κ1) is 19.1. The van der Waals surface area contributed by atoms with Gasteiger partial charge in [-0.05, 0) is 49.0 Å². The van der Waals surface area contributed by atoms with Crippen LogP contribution >= 0.6 is 28.1 Å². The Morgan fingerprint density at radius 2 is 2.00 bits per heavy atom. The SMILES string of the molecule is O=C(C=Cc1ccc(Br)cc1)NC(=S)NCCCN1CCOCC1. The summed E-state index contributed by atoms with van der Waals surface area (Å²) < 4.78 is 6.32. The average molecular weight is 412 g/mol. The number of amides is 1. The molecule has 5 nitrogen and oxygen atoms in total. The van der Waals surface area contributed by atoms with E-state index in [0.717, 1.165) is 55.8 Å². The topological polar surface area (TPSA) is 53.6 Å². The molecule has 2 rings (SSSR count). The summed E-state index contributed by atoms with van der Waals surface area (Å²) in [6, 6.07) is 7.71. The van der Waals surface area contributed by atoms with Crippen LogP contribution < -0.4 is 10.6 Å². The van der Waals surface area contributed by atoms with Crippen LogP contribution in [-0.4, -0.2) is 55.3 Å². The van der Waals surface area contributed by atoms with Crippen molar-refractivity contribution in [1.82, 2.24) is 15.5 Å². The quantitative estimate of drug-likeness (QED) is 0.426. The van der Waals surface area contributed by atoms with E-state index in [1.54, 1.807) is 6.08 Å². The third-order valence-electron chi connectivity index (χ3n) is 3.57. The molecule has 24 heavy (non-hydrogen) atoms. The molecule has 1 saturated heterocycles. The molecule has 0 saturated carbocycles. The smallest absolute Gasteiger partial charge is 0.250 e. The van der Waals surface area contributed by atoms with Crippen LogP contribution in [0.15, 0.2) is 34.8 Å². The molecule has 0 spiro atoms. The average Bonchev–Trinajstić information content (AvgIpc) is 2.59. The molecule has 2 N–H and O–H groups in total. The first-order valence-corrected chi connectivity index (χ1v) is 9.16. The zero-order valence-corrected chi connectivity index (χ0v) is 15.9. The molecule has 1 aromatic rings. The van der Waals surface area contributed by atoms with E-state index in [2.05, 4.69) is 31.5 Å². The molecular formula is C17H22BrN3O2S. The summed E-state index contributed by atoms with van der Waals surface area (Å²) in [5.74, 6) is -0.233. The van der Waals surface area contributed by atoms with Gasteiger partial charge >= 0.3 is 0 Å². The minimum atomic E-state index is -0.233. The predicted octanol–water partition coefficient (Wildman–Crippen LogP) is 2.18. The van der Waals surface area contributed by atoms with Crippen molar-refractivity contribution in [3.8, 4) is 0 Å². The minimum absolute atomic E-state index is 0.233. The molecule has 0 bridgehead atoms. The number of hydrogen-bond donors (Lipinski definition) is 2. The van der Waals surface area contributed by atoms with Crippen LogP contribution in [0.3, 0.4) is 0 Å². The Balaban J connectivity index is 1.60. The monoisotopic (exact) mass is 411 g/mol. The first-order chi connectivity index (χ1) is 11.6. The molecule has 1 aliphatic rings. The third-order valence-corrected chi connectivity index (χ3v) is 4.35. The van der Waals surface area contributed by atoms with Gasteiger partial charge < -0.3 is 10.1 Å². The molecule has 0 atom stereocenters. The molecule has 130 valence electrons. The molecule has 1 aliphatic heterocycles. The molecule has 1 aromatic carbocycles. The lowest BCUT2D eigenvalue weighted by atomic mass is 10.2. The van der Waals surface area contributed by atoms with Gasteiger partial charge in [0.2, 0.25) is 5.91 Å². The fourth-order valence-electron chi connectivity index (χ4n) is 2.27. The summed E-state index contributed by atoms with van der Waals surface area (Å²) >= 11 is 8.51. The van der Waals surface area contributed by atoms with E-state index in [0.29, 0.717) is 5.11 Å². The third kappa shape index (κ3) is 7.53. The van der Waals surface area contributed by atoms with Gasteiger partial charge in [-0.1, -0.05) is 28.1 Å². The van der Waals surface area contributed by atoms with Crippen molar-refractivity contribution in [3.63, 3.8) is 0 Å². The fraction of sp³-hybridized carbons (Fsp3) is 0.412. The zero-order valence-electron chi connectivity index (χ0n) is 13.5. The molecular weight excluding hydrogens is 390 g/mol. The van der Waals surface area contributed by atoms with Crippen LogP contribution in [0.1, 0.15) is 12.0 Å². The Kier molecular flexibility index (Phi) is 8.38. The standard InChI is InChI=1S/C17H22BrN3O2S/c18-15-5-2-14(3-6-15)4-7-16(22)20-17(24)19-8-1-9-21-10-12-23-13-11-21/h2-7H,1,8-13H2,(H2,19,20,22,24). The molecule has 1 heterocycles. The lowest BCUT2D eigenvalue weighted by Gasteiger charge is -2.26. The van der Waals surface area contributed by atoms with E-state index < -0.39 is 0 Å². The summed E-state index contributed by atoms with van der Waals surface area (Å²) in [5, 5.41) is 6.08. The number of morpholine rings is 1. The predicted molar refractivity (Wildman–Crippen MR) is 104 cm³/mol. The van der Waals surface area contributed by atoms with Crippen molar-refractivity contribution in [2.45, 2.75) is 6.42 Å². The van der Waals surface area contributed by atoms with Gasteiger partial charge in [-0.2, -0.15) is 0 Å². The largest absolute Gasteiger partial charge is 0.379 e. The number of halogens is 1. The van der Waals surface area contributed by atoms with E-state index in [1.807, 2.05) is 24.3 Å². The van der Waals surface area contributed by atoms with Crippen LogP contribution in [-0.2, 0) is 9.53 Å². The summed E-state index contributed by atoms with van der Waals surface area (Å²) in [6.07, 6.45) is 4.21. The summed E-state index contributed by atoms with van der Waals surface area (Å²) in [5.41, 5.74) is 0.956. The van der Waals surface area contributed by atoms with Gasteiger partial charge in [-0.15, -0.1) is 0 Å². The Bertz CT molecular complexity index is 572. The molecule has 0 radical (unpaired) electrons. The van der Waals surface area contributed by atoms with Gasteiger partial charge in [0.15, 0.2) is 5.11 Å². The Morgan fingerprint density at radius 3 is 2.71 bits per heavy atom. The number of ether oxygens (including phenoxy) is 1. The Morgan fingerprint density at radius 1 is 1.29 bits per heavy atom. The highest BCUT2D eigenvalue weighted by atomic mass is 79.9. The second-order valence-corrected chi connectivity index (χ2v) is 6.76. The number of benzene rings is 1. The lowest BCUT2D eigenvalue weighted by molar-refractivity contribution is -0.115. The van der Waals surface area contributed by atoms with E-state index in [4.69, 9.17) is 17.0 Å². The van der Waals surface area contributed by atoms with Gasteiger partial charge in [0.1, 0.15) is 0 Å². The van der Waals surface area contributed by atoms with Gasteiger partial charge in [0.05, 0.1) is 13.2 Å². The highest BCUT2D eigenvalue weighted by molar-refractivity contribution is 9.10. The van der Waals surface area contributed by atoms with Crippen LogP contribution in [0.2, 0.25) is 0 Å². The fourth-order valence-corrected chi connectivity index (χ4v) is 2.74. The molecule has 1 fully saturated rings. The number of nitrogens with zero attached hydrogens (tertiary/aromatic N) is 1. The number of hydrogen-bond acceptors (Lipinski definition) is 4. The van der Waals surface area contributed by atoms with Crippen molar-refractivity contribution in [2.24, 2.45) is 0 Å². The van der Waals surface area contributed by atoms with Gasteiger partial charge in [-0.3, -0.25) is 15.0 Å². The molecule has 7 heteroatoms. The van der Waals surface area contributed by atoms with E-state index >= 15 is 0 Å². The highest BCUT2D eigenvalue weighted by Gasteiger charge is 2.09. The highest BCUT2D eigenvalue weighted by Crippen LogP contribution is 2.11. The Hall–Kier alpha value is -1.28. The van der Waals surface area contributed by atoms with Crippen molar-refractivity contribution in [3.05, 3.63) is 40.4 Å². The van der Waals surface area contributed by atoms with Crippen molar-refractivity contribution in [1.29, 1.82) is 0 Å². The molecule has 1 amide bonds. The van der Waals surface area contributed by atoms with E-state index in [9.17, 15) is 4.79 Å². The van der Waals surface area contributed by atoms with Crippen LogP contribution in [0, 0.1) is 0 Å². The van der Waals surface area contributed by atoms with Crippen LogP contribution in [0.5, 0.6) is 0 Å². The second kappa shape index (κ2) is 10.6. The van der Waals surface area contributed by atoms with Crippen molar-refractivity contribution >= 4 is 45.2 Å². The van der Waals surface area contributed by atoms with Gasteiger partial charge in [0, 0.05) is 30.2 Å². The second-order valence-electron chi connectivity index (χ2n) is 5.44. The number of carbonyl (C=O) groups excluding carboxylic acids is 1. The zero-order chi connectivity index (χ0) is 17.2. The molecule has 0 unspecified atom stereocenters. The normalized spacial score (nSPS) is 15.4. The lowest BCUT2D eigenvalue weighted by Crippen LogP contribution is -2.41.